The topological polar surface area (TPSA) is 261 Å². The van der Waals surface area contributed by atoms with Crippen LogP contribution in [0, 0.1) is 0 Å². The zero-order chi connectivity index (χ0) is 29.4. The molecule has 2 atom stereocenters. The Bertz CT molecular complexity index is 1500. The van der Waals surface area contributed by atoms with E-state index in [-0.39, 0.29) is 42.1 Å². The molecule has 3 rings (SSSR count). The van der Waals surface area contributed by atoms with Crippen molar-refractivity contribution >= 4 is 52.3 Å². The van der Waals surface area contributed by atoms with Gasteiger partial charge in [-0.25, -0.2) is 14.8 Å². The zero-order valence-corrected chi connectivity index (χ0v) is 21.2. The van der Waals surface area contributed by atoms with E-state index in [1.165, 1.54) is 12.1 Å². The van der Waals surface area contributed by atoms with Crippen LogP contribution in [0.5, 0.6) is 0 Å². The Kier molecular flexibility index (Phi) is 9.40. The molecule has 0 fully saturated rings. The van der Waals surface area contributed by atoms with Crippen molar-refractivity contribution in [1.29, 1.82) is 0 Å². The number of nitrogen functional groups attached to an aromatic ring is 1. The molecule has 0 aliphatic heterocycles. The molecule has 210 valence electrons. The van der Waals surface area contributed by atoms with Crippen LogP contribution in [0.4, 0.5) is 11.6 Å². The van der Waals surface area contributed by atoms with Gasteiger partial charge in [-0.05, 0) is 42.6 Å². The molecule has 1 aromatic carbocycles. The van der Waals surface area contributed by atoms with E-state index in [4.69, 9.17) is 10.8 Å². The first kappa shape index (κ1) is 29.2. The number of nitrogens with zero attached hydrogens (tertiary/aromatic N) is 2. The summed E-state index contributed by atoms with van der Waals surface area (Å²) in [4.78, 5) is 84.1. The second kappa shape index (κ2) is 12.9. The molecule has 40 heavy (non-hydrogen) atoms. The van der Waals surface area contributed by atoms with E-state index < -0.39 is 53.6 Å². The molecule has 16 heteroatoms. The molecule has 0 saturated carbocycles. The number of amides is 2. The Morgan fingerprint density at radius 2 is 1.75 bits per heavy atom. The number of carboxylic acids is 2. The lowest BCUT2D eigenvalue weighted by molar-refractivity contribution is -0.349. The first-order valence-electron chi connectivity index (χ1n) is 11.9. The van der Waals surface area contributed by atoms with E-state index in [0.29, 0.717) is 11.4 Å². The van der Waals surface area contributed by atoms with Crippen LogP contribution in [-0.2, 0) is 25.7 Å². The predicted octanol–water partition coefficient (Wildman–Crippen LogP) is -1.16. The van der Waals surface area contributed by atoms with Crippen LogP contribution >= 0.6 is 0 Å². The standard InChI is InChI=1S/C24H26N8O8/c1-11(33)16(8-18(35)36)29-17(34)7-6-15(23(39)40)30-21(37)12-2-4-13(5-3-12)26-9-14-10-27-20-19(28-14)22(38)32-24(25)31-20/h2-5,10,15-16,26H,6-9H2,1H3,(H,29,34)(H,30,37)(H,35,36)(H,39,40)(H3,25,27,31,32,38)/p+1. The molecule has 2 heterocycles. The van der Waals surface area contributed by atoms with Crippen molar-refractivity contribution in [2.45, 2.75) is 44.8 Å². The van der Waals surface area contributed by atoms with Crippen molar-refractivity contribution in [1.82, 2.24) is 25.6 Å². The molecule has 0 aliphatic carbocycles. The first-order valence-corrected chi connectivity index (χ1v) is 11.9. The summed E-state index contributed by atoms with van der Waals surface area (Å²) in [5, 5.41) is 26.0. The van der Waals surface area contributed by atoms with Gasteiger partial charge < -0.3 is 31.9 Å². The van der Waals surface area contributed by atoms with Crippen LogP contribution in [0.1, 0.15) is 42.2 Å². The van der Waals surface area contributed by atoms with Crippen molar-refractivity contribution in [2.75, 3.05) is 11.1 Å². The quantitative estimate of drug-likeness (QED) is 0.132. The van der Waals surface area contributed by atoms with E-state index in [2.05, 4.69) is 35.9 Å². The second-order valence-corrected chi connectivity index (χ2v) is 8.70. The van der Waals surface area contributed by atoms with Crippen LogP contribution in [0.2, 0.25) is 0 Å². The molecule has 2 unspecified atom stereocenters. The highest BCUT2D eigenvalue weighted by atomic mass is 16.4. The highest BCUT2D eigenvalue weighted by molar-refractivity contribution is 5.97. The summed E-state index contributed by atoms with van der Waals surface area (Å²) in [6.07, 6.45) is 0.306. The van der Waals surface area contributed by atoms with Gasteiger partial charge in [0.2, 0.25) is 11.4 Å². The van der Waals surface area contributed by atoms with Gasteiger partial charge in [-0.15, -0.1) is 0 Å². The molecule has 2 amide bonds. The summed E-state index contributed by atoms with van der Waals surface area (Å²) in [7, 11) is 0. The minimum atomic E-state index is -1.41. The highest BCUT2D eigenvalue weighted by Gasteiger charge is 2.24. The summed E-state index contributed by atoms with van der Waals surface area (Å²) in [6, 6.07) is 3.46. The smallest absolute Gasteiger partial charge is 0.356 e. The number of carboxylic acid groups (broad SMARTS) is 2. The van der Waals surface area contributed by atoms with Crippen molar-refractivity contribution in [3.05, 3.63) is 52.1 Å². The Labute approximate surface area is 225 Å². The van der Waals surface area contributed by atoms with Gasteiger partial charge in [0, 0.05) is 17.7 Å². The lowest BCUT2D eigenvalue weighted by atomic mass is 10.1. The lowest BCUT2D eigenvalue weighted by Crippen LogP contribution is -2.44. The number of aliphatic carboxylic acids is 2. The molecule has 0 spiro atoms. The van der Waals surface area contributed by atoms with Gasteiger partial charge in [-0.3, -0.25) is 29.0 Å². The fraction of sp³-hybridized carbons (Fsp3) is 0.292. The number of hydrogen-bond donors (Lipinski definition) is 7. The van der Waals surface area contributed by atoms with E-state index in [9.17, 15) is 33.9 Å². The van der Waals surface area contributed by atoms with Gasteiger partial charge in [-0.1, -0.05) is 0 Å². The Morgan fingerprint density at radius 3 is 2.38 bits per heavy atom. The summed E-state index contributed by atoms with van der Waals surface area (Å²) in [5.74, 6) is -4.65. The number of Topliss-reactive ketones (excluding diaryl/α,β-unsaturated/α-hetero) is 1. The number of benzene rings is 1. The van der Waals surface area contributed by atoms with E-state index >= 15 is 0 Å². The van der Waals surface area contributed by atoms with Crippen LogP contribution in [-0.4, -0.2) is 66.8 Å². The maximum Gasteiger partial charge on any atom is 0.356 e. The molecule has 0 radical (unpaired) electrons. The third-order valence-corrected chi connectivity index (χ3v) is 5.63. The van der Waals surface area contributed by atoms with Gasteiger partial charge in [0.15, 0.2) is 5.78 Å². The maximum absolute atomic E-state index is 12.6. The summed E-state index contributed by atoms with van der Waals surface area (Å²) >= 11 is 0. The average Bonchev–Trinajstić information content (AvgIpc) is 2.89. The fourth-order valence-corrected chi connectivity index (χ4v) is 3.55. The zero-order valence-electron chi connectivity index (χ0n) is 21.2. The molecule has 3 aromatic rings. The number of hydrogen-bond acceptors (Lipinski definition) is 10. The maximum atomic E-state index is 12.6. The summed E-state index contributed by atoms with van der Waals surface area (Å²) in [5.41, 5.74) is 6.61. The molecule has 0 bridgehead atoms. The van der Waals surface area contributed by atoms with Crippen molar-refractivity contribution < 1.29 is 39.2 Å². The number of anilines is 2. The van der Waals surface area contributed by atoms with Gasteiger partial charge in [0.05, 0.1) is 24.7 Å². The van der Waals surface area contributed by atoms with Gasteiger partial charge in [-0.2, -0.15) is 0 Å². The third-order valence-electron chi connectivity index (χ3n) is 5.63. The van der Waals surface area contributed by atoms with Gasteiger partial charge in [0.1, 0.15) is 12.2 Å². The number of carbonyl (C=O) groups excluding carboxylic acids is 3. The predicted molar refractivity (Wildman–Crippen MR) is 138 cm³/mol. The number of nitrogens with one attached hydrogen (secondary N) is 5. The number of fused-ring (bicyclic) bond motifs is 1. The van der Waals surface area contributed by atoms with E-state index in [1.807, 2.05) is 0 Å². The van der Waals surface area contributed by atoms with Crippen LogP contribution in [0.25, 0.3) is 11.2 Å². The number of rotatable bonds is 13. The third kappa shape index (κ3) is 8.04. The normalized spacial score (nSPS) is 12.2. The van der Waals surface area contributed by atoms with Crippen molar-refractivity contribution in [3.8, 4) is 0 Å². The van der Waals surface area contributed by atoms with E-state index in [1.54, 1.807) is 18.3 Å². The number of nitrogens with two attached hydrogens (primary N) is 1. The van der Waals surface area contributed by atoms with Crippen LogP contribution in [0.15, 0.2) is 35.3 Å². The fourth-order valence-electron chi connectivity index (χ4n) is 3.55. The molecule has 16 nitrogen and oxygen atoms in total. The Balaban J connectivity index is 1.55. The summed E-state index contributed by atoms with van der Waals surface area (Å²) < 4.78 is 0. The minimum absolute atomic E-state index is 0.0403. The number of aromatic amines is 2. The van der Waals surface area contributed by atoms with Crippen LogP contribution < -0.4 is 32.2 Å². The highest BCUT2D eigenvalue weighted by Crippen LogP contribution is 2.12. The molecule has 9 N–H and O–H groups in total. The molecular formula is C24H27N8O8+. The SMILES string of the molecule is CC(=O)C(CC(=O)O)NC(=O)CCC(NC(=O)c1ccc(NCc2c[nH+]c3nc(N)[nH]c(=O)c3n2)cc1)C(=O)O. The molecule has 0 aliphatic rings. The number of carbonyl (C=O) groups is 5. The largest absolute Gasteiger partial charge is 0.481 e. The van der Waals surface area contributed by atoms with Crippen LogP contribution in [0.3, 0.4) is 0 Å². The Hall–Kier alpha value is -5.41. The van der Waals surface area contributed by atoms with Gasteiger partial charge in [0.25, 0.3) is 11.5 Å². The average molecular weight is 556 g/mol. The molecule has 0 saturated heterocycles. The van der Waals surface area contributed by atoms with Crippen molar-refractivity contribution in [2.24, 2.45) is 0 Å². The first-order chi connectivity index (χ1) is 18.9. The lowest BCUT2D eigenvalue weighted by Gasteiger charge is -2.17. The number of ketones is 1. The summed E-state index contributed by atoms with van der Waals surface area (Å²) in [6.45, 7) is 1.35. The second-order valence-electron chi connectivity index (χ2n) is 8.70. The number of aromatic nitrogens is 4. The molecular weight excluding hydrogens is 528 g/mol. The van der Waals surface area contributed by atoms with Gasteiger partial charge >= 0.3 is 23.5 Å². The molecule has 2 aromatic heterocycles. The Morgan fingerprint density at radius 1 is 1.05 bits per heavy atom. The number of H-pyrrole nitrogens is 2. The monoisotopic (exact) mass is 555 g/mol. The van der Waals surface area contributed by atoms with E-state index in [0.717, 1.165) is 6.92 Å². The minimum Gasteiger partial charge on any atom is -0.481 e. The van der Waals surface area contributed by atoms with Crippen molar-refractivity contribution in [3.63, 3.8) is 0 Å².